The lowest BCUT2D eigenvalue weighted by molar-refractivity contribution is 0.142. The van der Waals surface area contributed by atoms with Gasteiger partial charge in [-0.05, 0) is 70.0 Å². The molecule has 0 amide bonds. The van der Waals surface area contributed by atoms with Crippen molar-refractivity contribution in [2.45, 2.75) is 51.6 Å². The molecule has 0 aromatic carbocycles. The first-order valence-corrected chi connectivity index (χ1v) is 8.06. The third-order valence-corrected chi connectivity index (χ3v) is 5.43. The quantitative estimate of drug-likeness (QED) is 0.897. The Labute approximate surface area is 122 Å². The van der Waals surface area contributed by atoms with Crippen molar-refractivity contribution in [1.82, 2.24) is 4.90 Å². The van der Waals surface area contributed by atoms with Crippen LogP contribution in [0.4, 0.5) is 0 Å². The number of nitrogens with zero attached hydrogens (tertiary/aromatic N) is 1. The predicted octanol–water partition coefficient (Wildman–Crippen LogP) is 3.34. The molecule has 1 aromatic rings. The van der Waals surface area contributed by atoms with E-state index in [-0.39, 0.29) is 12.1 Å². The average Bonchev–Trinajstić information content (AvgIpc) is 3.06. The van der Waals surface area contributed by atoms with Crippen LogP contribution in [0.1, 0.15) is 50.2 Å². The molecule has 1 heterocycles. The molecule has 2 N–H and O–H groups in total. The average molecular weight is 276 g/mol. The van der Waals surface area contributed by atoms with Crippen LogP contribution in [0.3, 0.4) is 0 Å². The highest BCUT2D eigenvalue weighted by Crippen LogP contribution is 2.48. The number of furan rings is 1. The summed E-state index contributed by atoms with van der Waals surface area (Å²) in [5.41, 5.74) is 6.23. The molecule has 0 saturated heterocycles. The molecule has 3 heteroatoms. The van der Waals surface area contributed by atoms with Crippen molar-refractivity contribution < 1.29 is 4.42 Å². The highest BCUT2D eigenvalue weighted by Gasteiger charge is 2.40. The zero-order chi connectivity index (χ0) is 14.3. The molecule has 112 valence electrons. The van der Waals surface area contributed by atoms with E-state index in [9.17, 15) is 0 Å². The van der Waals surface area contributed by atoms with Crippen LogP contribution in [0.5, 0.6) is 0 Å². The summed E-state index contributed by atoms with van der Waals surface area (Å²) in [7, 11) is 2.21. The van der Waals surface area contributed by atoms with Gasteiger partial charge in [0.25, 0.3) is 0 Å². The van der Waals surface area contributed by atoms with E-state index >= 15 is 0 Å². The number of aryl methyl sites for hydroxylation is 1. The van der Waals surface area contributed by atoms with Crippen molar-refractivity contribution >= 4 is 0 Å². The summed E-state index contributed by atoms with van der Waals surface area (Å²) in [4.78, 5) is 2.42. The standard InChI is InChI=1S/C17H28N2O/c1-11-4-7-16(20-11)17(12(2)18)19(3)10-15-9-13-5-6-14(15)8-13/h4,7,12-15,17H,5-6,8-10,18H2,1-3H3. The van der Waals surface area contributed by atoms with Crippen molar-refractivity contribution in [3.63, 3.8) is 0 Å². The summed E-state index contributed by atoms with van der Waals surface area (Å²) in [6.45, 7) is 5.24. The highest BCUT2D eigenvalue weighted by molar-refractivity contribution is 5.12. The predicted molar refractivity (Wildman–Crippen MR) is 81.4 cm³/mol. The van der Waals surface area contributed by atoms with Gasteiger partial charge in [-0.25, -0.2) is 0 Å². The van der Waals surface area contributed by atoms with Gasteiger partial charge in [0.15, 0.2) is 0 Å². The van der Waals surface area contributed by atoms with Crippen molar-refractivity contribution in [3.8, 4) is 0 Å². The Bertz CT molecular complexity index is 454. The van der Waals surface area contributed by atoms with Gasteiger partial charge in [0, 0.05) is 12.6 Å². The summed E-state index contributed by atoms with van der Waals surface area (Å²) >= 11 is 0. The number of fused-ring (bicyclic) bond motifs is 2. The van der Waals surface area contributed by atoms with Crippen LogP contribution < -0.4 is 5.73 Å². The first-order valence-electron chi connectivity index (χ1n) is 8.06. The van der Waals surface area contributed by atoms with Crippen LogP contribution in [0.25, 0.3) is 0 Å². The zero-order valence-corrected chi connectivity index (χ0v) is 13.0. The molecule has 0 aliphatic heterocycles. The highest BCUT2D eigenvalue weighted by atomic mass is 16.3. The normalized spacial score (nSPS) is 31.9. The number of hydrogen-bond donors (Lipinski definition) is 1. The van der Waals surface area contributed by atoms with Crippen LogP contribution >= 0.6 is 0 Å². The first kappa shape index (κ1) is 14.2. The SMILES string of the molecule is Cc1ccc(C(C(C)N)N(C)CC2CC3CCC2C3)o1. The summed E-state index contributed by atoms with van der Waals surface area (Å²) < 4.78 is 5.83. The van der Waals surface area contributed by atoms with Gasteiger partial charge >= 0.3 is 0 Å². The number of likely N-dealkylation sites (N-methyl/N-ethyl adjacent to an activating group) is 1. The smallest absolute Gasteiger partial charge is 0.122 e. The Kier molecular flexibility index (Phi) is 3.91. The number of nitrogens with two attached hydrogens (primary N) is 1. The maximum absolute atomic E-state index is 6.23. The fraction of sp³-hybridized carbons (Fsp3) is 0.765. The third-order valence-electron chi connectivity index (χ3n) is 5.43. The topological polar surface area (TPSA) is 42.4 Å². The number of hydrogen-bond acceptors (Lipinski definition) is 3. The van der Waals surface area contributed by atoms with E-state index in [1.807, 2.05) is 13.0 Å². The Morgan fingerprint density at radius 1 is 1.35 bits per heavy atom. The van der Waals surface area contributed by atoms with E-state index in [4.69, 9.17) is 10.2 Å². The van der Waals surface area contributed by atoms with Crippen LogP contribution in [-0.2, 0) is 0 Å². The minimum Gasteiger partial charge on any atom is -0.465 e. The van der Waals surface area contributed by atoms with Crippen molar-refractivity contribution in [2.75, 3.05) is 13.6 Å². The minimum absolute atomic E-state index is 0.0872. The van der Waals surface area contributed by atoms with E-state index in [1.165, 1.54) is 25.7 Å². The molecule has 2 aliphatic rings. The third kappa shape index (κ3) is 2.66. The van der Waals surface area contributed by atoms with Crippen LogP contribution in [0.2, 0.25) is 0 Å². The monoisotopic (exact) mass is 276 g/mol. The van der Waals surface area contributed by atoms with E-state index in [0.29, 0.717) is 0 Å². The molecule has 0 radical (unpaired) electrons. The maximum Gasteiger partial charge on any atom is 0.122 e. The molecule has 5 unspecified atom stereocenters. The van der Waals surface area contributed by atoms with Crippen LogP contribution in [0.15, 0.2) is 16.5 Å². The Morgan fingerprint density at radius 2 is 2.15 bits per heavy atom. The van der Waals surface area contributed by atoms with Gasteiger partial charge in [0.1, 0.15) is 11.5 Å². The van der Waals surface area contributed by atoms with Crippen molar-refractivity contribution in [2.24, 2.45) is 23.5 Å². The Hall–Kier alpha value is -0.800. The van der Waals surface area contributed by atoms with E-state index in [2.05, 4.69) is 24.9 Å². The maximum atomic E-state index is 6.23. The Balaban J connectivity index is 1.68. The van der Waals surface area contributed by atoms with Gasteiger partial charge < -0.3 is 10.2 Å². The fourth-order valence-electron chi connectivity index (χ4n) is 4.57. The molecule has 2 bridgehead atoms. The molecule has 0 spiro atoms. The van der Waals surface area contributed by atoms with Gasteiger partial charge in [-0.15, -0.1) is 0 Å². The minimum atomic E-state index is 0.0872. The second kappa shape index (κ2) is 5.53. The molecular weight excluding hydrogens is 248 g/mol. The second-order valence-corrected chi connectivity index (χ2v) is 7.13. The fourth-order valence-corrected chi connectivity index (χ4v) is 4.57. The molecule has 2 saturated carbocycles. The van der Waals surface area contributed by atoms with E-state index < -0.39 is 0 Å². The zero-order valence-electron chi connectivity index (χ0n) is 13.0. The van der Waals surface area contributed by atoms with Gasteiger partial charge in [0.05, 0.1) is 6.04 Å². The molecular formula is C17H28N2O. The van der Waals surface area contributed by atoms with Crippen LogP contribution in [0, 0.1) is 24.7 Å². The lowest BCUT2D eigenvalue weighted by Gasteiger charge is -2.34. The molecule has 2 fully saturated rings. The molecule has 2 aliphatic carbocycles. The lowest BCUT2D eigenvalue weighted by atomic mass is 9.88. The molecule has 1 aromatic heterocycles. The van der Waals surface area contributed by atoms with Gasteiger partial charge in [-0.3, -0.25) is 4.90 Å². The van der Waals surface area contributed by atoms with Crippen LogP contribution in [-0.4, -0.2) is 24.5 Å². The second-order valence-electron chi connectivity index (χ2n) is 7.13. The summed E-state index contributed by atoms with van der Waals surface area (Å²) in [6.07, 6.45) is 5.82. The molecule has 3 rings (SSSR count). The lowest BCUT2D eigenvalue weighted by Crippen LogP contribution is -2.40. The van der Waals surface area contributed by atoms with E-state index in [1.54, 1.807) is 0 Å². The number of rotatable bonds is 5. The molecule has 5 atom stereocenters. The van der Waals surface area contributed by atoms with Crippen molar-refractivity contribution in [1.29, 1.82) is 0 Å². The van der Waals surface area contributed by atoms with Crippen molar-refractivity contribution in [3.05, 3.63) is 23.7 Å². The molecule has 3 nitrogen and oxygen atoms in total. The summed E-state index contributed by atoms with van der Waals surface area (Å²) in [5, 5.41) is 0. The largest absolute Gasteiger partial charge is 0.465 e. The molecule has 20 heavy (non-hydrogen) atoms. The first-order chi connectivity index (χ1) is 9.54. The van der Waals surface area contributed by atoms with Gasteiger partial charge in [-0.2, -0.15) is 0 Å². The summed E-state index contributed by atoms with van der Waals surface area (Å²) in [5.74, 6) is 4.84. The van der Waals surface area contributed by atoms with Gasteiger partial charge in [0.2, 0.25) is 0 Å². The van der Waals surface area contributed by atoms with Gasteiger partial charge in [-0.1, -0.05) is 6.42 Å². The Morgan fingerprint density at radius 3 is 2.65 bits per heavy atom. The summed E-state index contributed by atoms with van der Waals surface area (Å²) in [6, 6.07) is 4.41. The van der Waals surface area contributed by atoms with E-state index in [0.717, 1.165) is 35.8 Å².